The van der Waals surface area contributed by atoms with E-state index in [0.29, 0.717) is 28.0 Å². The summed E-state index contributed by atoms with van der Waals surface area (Å²) in [7, 11) is 0. The number of carbonyl (C=O) groups is 2. The fourth-order valence-electron chi connectivity index (χ4n) is 2.73. The van der Waals surface area contributed by atoms with Crippen molar-refractivity contribution < 1.29 is 14.7 Å². The van der Waals surface area contributed by atoms with E-state index in [2.05, 4.69) is 10.3 Å². The van der Waals surface area contributed by atoms with E-state index < -0.39 is 5.97 Å². The van der Waals surface area contributed by atoms with E-state index in [1.807, 2.05) is 30.3 Å². The summed E-state index contributed by atoms with van der Waals surface area (Å²) in [5, 5.41) is 13.0. The van der Waals surface area contributed by atoms with E-state index in [1.54, 1.807) is 18.2 Å². The number of carboxylic acids is 1. The number of hydrogen-bond donors (Lipinski definition) is 2. The van der Waals surface area contributed by atoms with Crippen LogP contribution < -0.4 is 5.32 Å². The number of fused-ring (bicyclic) bond motifs is 2. The van der Waals surface area contributed by atoms with Crippen molar-refractivity contribution in [2.24, 2.45) is 0 Å². The second-order valence-electron chi connectivity index (χ2n) is 5.43. The molecule has 0 aliphatic carbocycles. The summed E-state index contributed by atoms with van der Waals surface area (Å²) in [6, 6.07) is 14.6. The summed E-state index contributed by atoms with van der Waals surface area (Å²) >= 11 is 1.40. The molecule has 2 N–H and O–H groups in total. The molecule has 0 fully saturated rings. The highest BCUT2D eigenvalue weighted by atomic mass is 32.2. The van der Waals surface area contributed by atoms with Crippen LogP contribution >= 0.6 is 11.8 Å². The number of pyridine rings is 1. The van der Waals surface area contributed by atoms with Crippen LogP contribution in [0, 0.1) is 0 Å². The number of amides is 1. The van der Waals surface area contributed by atoms with Crippen molar-refractivity contribution in [3.8, 4) is 11.3 Å². The van der Waals surface area contributed by atoms with E-state index in [0.717, 1.165) is 10.5 Å². The van der Waals surface area contributed by atoms with E-state index in [4.69, 9.17) is 0 Å². The van der Waals surface area contributed by atoms with Gasteiger partial charge >= 0.3 is 5.97 Å². The van der Waals surface area contributed by atoms with Gasteiger partial charge in [0.1, 0.15) is 0 Å². The summed E-state index contributed by atoms with van der Waals surface area (Å²) in [4.78, 5) is 28.8. The van der Waals surface area contributed by atoms with Gasteiger partial charge in [0.05, 0.1) is 28.2 Å². The molecule has 2 aromatic carbocycles. The van der Waals surface area contributed by atoms with Crippen LogP contribution in [0.15, 0.2) is 53.4 Å². The highest BCUT2D eigenvalue weighted by molar-refractivity contribution is 8.00. The third-order valence-electron chi connectivity index (χ3n) is 3.84. The molecule has 1 aromatic heterocycles. The van der Waals surface area contributed by atoms with Gasteiger partial charge in [-0.1, -0.05) is 30.3 Å². The summed E-state index contributed by atoms with van der Waals surface area (Å²) < 4.78 is 0. The van der Waals surface area contributed by atoms with Gasteiger partial charge in [0.25, 0.3) is 0 Å². The average molecular weight is 336 g/mol. The zero-order valence-corrected chi connectivity index (χ0v) is 13.3. The normalized spacial score (nSPS) is 13.4. The average Bonchev–Trinajstić information content (AvgIpc) is 2.59. The maximum absolute atomic E-state index is 11.7. The summed E-state index contributed by atoms with van der Waals surface area (Å²) in [6.07, 6.45) is 0. The van der Waals surface area contributed by atoms with Gasteiger partial charge in [-0.15, -0.1) is 11.8 Å². The fourth-order valence-corrected chi connectivity index (χ4v) is 3.56. The molecule has 118 valence electrons. The van der Waals surface area contributed by atoms with Gasteiger partial charge in [0.15, 0.2) is 0 Å². The molecule has 0 saturated heterocycles. The predicted octanol–water partition coefficient (Wildman–Crippen LogP) is 3.64. The van der Waals surface area contributed by atoms with Crippen LogP contribution in [0.2, 0.25) is 0 Å². The quantitative estimate of drug-likeness (QED) is 0.747. The standard InChI is InChI=1S/C18H12N2O3S/c21-17-9-24-16-7-11-12(18(22)23)6-13(10-4-2-1-3-5-10)19-14(11)8-15(16)20-17/h1-8H,9H2,(H,20,21)(H,22,23). The monoisotopic (exact) mass is 336 g/mol. The van der Waals surface area contributed by atoms with Crippen LogP contribution in [0.25, 0.3) is 22.2 Å². The molecule has 1 aliphatic rings. The Hall–Kier alpha value is -2.86. The van der Waals surface area contributed by atoms with Crippen LogP contribution in [0.1, 0.15) is 10.4 Å². The van der Waals surface area contributed by atoms with Crippen LogP contribution in [-0.4, -0.2) is 27.7 Å². The Labute approximate surface area is 141 Å². The Balaban J connectivity index is 1.98. The Morgan fingerprint density at radius 1 is 1.17 bits per heavy atom. The first-order chi connectivity index (χ1) is 11.6. The molecular formula is C18H12N2O3S. The lowest BCUT2D eigenvalue weighted by Crippen LogP contribution is -2.18. The Kier molecular flexibility index (Phi) is 3.46. The molecule has 0 saturated carbocycles. The molecular weight excluding hydrogens is 324 g/mol. The van der Waals surface area contributed by atoms with E-state index in [9.17, 15) is 14.7 Å². The van der Waals surface area contributed by atoms with Crippen molar-refractivity contribution >= 4 is 40.2 Å². The summed E-state index contributed by atoms with van der Waals surface area (Å²) in [6.45, 7) is 0. The molecule has 0 atom stereocenters. The summed E-state index contributed by atoms with van der Waals surface area (Å²) in [5.41, 5.74) is 2.88. The zero-order valence-electron chi connectivity index (χ0n) is 12.4. The number of benzene rings is 2. The van der Waals surface area contributed by atoms with Crippen molar-refractivity contribution in [2.75, 3.05) is 11.1 Å². The minimum Gasteiger partial charge on any atom is -0.478 e. The second-order valence-corrected chi connectivity index (χ2v) is 6.45. The minimum absolute atomic E-state index is 0.0653. The highest BCUT2D eigenvalue weighted by Crippen LogP contribution is 2.36. The number of hydrogen-bond acceptors (Lipinski definition) is 4. The lowest BCUT2D eigenvalue weighted by atomic mass is 10.0. The third-order valence-corrected chi connectivity index (χ3v) is 4.90. The van der Waals surface area contributed by atoms with E-state index in [-0.39, 0.29) is 11.5 Å². The number of rotatable bonds is 2. The number of aromatic nitrogens is 1. The van der Waals surface area contributed by atoms with Gasteiger partial charge in [-0.05, 0) is 18.2 Å². The molecule has 0 bridgehead atoms. The Morgan fingerprint density at radius 2 is 1.96 bits per heavy atom. The number of carboxylic acid groups (broad SMARTS) is 1. The van der Waals surface area contributed by atoms with Crippen LogP contribution in [0.5, 0.6) is 0 Å². The molecule has 2 heterocycles. The topological polar surface area (TPSA) is 79.3 Å². The second kappa shape index (κ2) is 5.65. The largest absolute Gasteiger partial charge is 0.478 e. The number of thioether (sulfide) groups is 1. The maximum atomic E-state index is 11.7. The van der Waals surface area contributed by atoms with Crippen molar-refractivity contribution in [1.82, 2.24) is 4.98 Å². The zero-order chi connectivity index (χ0) is 16.7. The minimum atomic E-state index is -0.996. The van der Waals surface area contributed by atoms with Crippen molar-refractivity contribution in [3.63, 3.8) is 0 Å². The molecule has 3 aromatic rings. The first-order valence-electron chi connectivity index (χ1n) is 7.32. The molecule has 1 aliphatic heterocycles. The Morgan fingerprint density at radius 3 is 2.71 bits per heavy atom. The molecule has 6 heteroatoms. The number of anilines is 1. The van der Waals surface area contributed by atoms with Crippen LogP contribution in [-0.2, 0) is 4.79 Å². The molecule has 24 heavy (non-hydrogen) atoms. The van der Waals surface area contributed by atoms with Crippen molar-refractivity contribution in [1.29, 1.82) is 0 Å². The van der Waals surface area contributed by atoms with Gasteiger partial charge < -0.3 is 10.4 Å². The first kappa shape index (κ1) is 14.7. The van der Waals surface area contributed by atoms with Gasteiger partial charge in [-0.25, -0.2) is 9.78 Å². The lowest BCUT2D eigenvalue weighted by molar-refractivity contribution is -0.113. The van der Waals surface area contributed by atoms with Gasteiger partial charge in [0, 0.05) is 15.8 Å². The predicted molar refractivity (Wildman–Crippen MR) is 93.5 cm³/mol. The van der Waals surface area contributed by atoms with Gasteiger partial charge in [-0.3, -0.25) is 4.79 Å². The first-order valence-corrected chi connectivity index (χ1v) is 8.30. The molecule has 4 rings (SSSR count). The van der Waals surface area contributed by atoms with E-state index >= 15 is 0 Å². The smallest absolute Gasteiger partial charge is 0.336 e. The highest BCUT2D eigenvalue weighted by Gasteiger charge is 2.20. The molecule has 0 spiro atoms. The summed E-state index contributed by atoms with van der Waals surface area (Å²) in [5.74, 6) is -0.731. The molecule has 5 nitrogen and oxygen atoms in total. The fraction of sp³-hybridized carbons (Fsp3) is 0.0556. The number of nitrogens with one attached hydrogen (secondary N) is 1. The lowest BCUT2D eigenvalue weighted by Gasteiger charge is -2.17. The number of aromatic carboxylic acids is 1. The van der Waals surface area contributed by atoms with Crippen LogP contribution in [0.3, 0.4) is 0 Å². The van der Waals surface area contributed by atoms with Gasteiger partial charge in [-0.2, -0.15) is 0 Å². The van der Waals surface area contributed by atoms with Crippen molar-refractivity contribution in [2.45, 2.75) is 4.90 Å². The van der Waals surface area contributed by atoms with Crippen LogP contribution in [0.4, 0.5) is 5.69 Å². The molecule has 0 unspecified atom stereocenters. The van der Waals surface area contributed by atoms with E-state index in [1.165, 1.54) is 11.8 Å². The molecule has 0 radical (unpaired) electrons. The number of nitrogens with zero attached hydrogens (tertiary/aromatic N) is 1. The SMILES string of the molecule is O=C1CSc2cc3c(C(=O)O)cc(-c4ccccc4)nc3cc2N1. The number of carbonyl (C=O) groups excluding carboxylic acids is 1. The van der Waals surface area contributed by atoms with Crippen molar-refractivity contribution in [3.05, 3.63) is 54.1 Å². The maximum Gasteiger partial charge on any atom is 0.336 e. The Bertz CT molecular complexity index is 986. The third kappa shape index (κ3) is 2.51. The molecule has 1 amide bonds. The van der Waals surface area contributed by atoms with Gasteiger partial charge in [0.2, 0.25) is 5.91 Å².